The molecule has 41 heavy (non-hydrogen) atoms. The fraction of sp³-hybridized carbons (Fsp3) is 0.444. The zero-order chi connectivity index (χ0) is 29.6. The van der Waals surface area contributed by atoms with Gasteiger partial charge in [-0.15, -0.1) is 9.42 Å². The molecule has 1 fully saturated rings. The Morgan fingerprint density at radius 3 is 2.71 bits per heavy atom. The quantitative estimate of drug-likeness (QED) is 0.0912. The van der Waals surface area contributed by atoms with Crippen molar-refractivity contribution < 1.29 is 47.7 Å². The minimum atomic E-state index is -5.03. The number of fused-ring (bicyclic) bond motifs is 2. The minimum absolute atomic E-state index is 0.0171. The summed E-state index contributed by atoms with van der Waals surface area (Å²) in [5, 5.41) is 21.7. The van der Waals surface area contributed by atoms with Gasteiger partial charge in [-0.1, -0.05) is 11.6 Å². The lowest BCUT2D eigenvalue weighted by atomic mass is 10.1. The Morgan fingerprint density at radius 2 is 2.00 bits per heavy atom. The average Bonchev–Trinajstić information content (AvgIpc) is 3.60. The van der Waals surface area contributed by atoms with Crippen LogP contribution >= 0.6 is 27.5 Å². The molecule has 0 saturated carbocycles. The molecule has 1 aliphatic heterocycles. The first-order chi connectivity index (χ1) is 19.4. The summed E-state index contributed by atoms with van der Waals surface area (Å²) in [4.78, 5) is 54.0. The first-order valence-corrected chi connectivity index (χ1v) is 14.5. The van der Waals surface area contributed by atoms with Crippen molar-refractivity contribution in [1.82, 2.24) is 39.0 Å². The van der Waals surface area contributed by atoms with Crippen molar-refractivity contribution in [3.8, 4) is 0 Å². The number of rotatable bonds is 10. The smallest absolute Gasteiger partial charge is 0.385 e. The molecule has 4 aromatic heterocycles. The third-order valence-electron chi connectivity index (χ3n) is 6.09. The Labute approximate surface area is 233 Å². The van der Waals surface area contributed by atoms with Gasteiger partial charge in [0.2, 0.25) is 11.8 Å². The van der Waals surface area contributed by atoms with E-state index in [0.29, 0.717) is 0 Å². The van der Waals surface area contributed by atoms with Gasteiger partial charge in [0.25, 0.3) is 5.56 Å². The normalized spacial score (nSPS) is 24.5. The zero-order valence-corrected chi connectivity index (χ0v) is 23.1. The van der Waals surface area contributed by atoms with Crippen LogP contribution in [0, 0.1) is 0 Å². The number of nitrogens with zero attached hydrogens (tertiary/aromatic N) is 7. The van der Waals surface area contributed by atoms with Crippen LogP contribution in [0.2, 0.25) is 5.15 Å². The van der Waals surface area contributed by atoms with E-state index in [-0.39, 0.29) is 33.4 Å². The molecule has 1 saturated heterocycles. The Bertz CT molecular complexity index is 1720. The second-order valence-electron chi connectivity index (χ2n) is 8.53. The summed E-state index contributed by atoms with van der Waals surface area (Å²) in [6, 6.07) is 0. The number of aliphatic hydroxyl groups excluding tert-OH is 2. The van der Waals surface area contributed by atoms with Gasteiger partial charge in [-0.3, -0.25) is 23.5 Å². The first-order valence-electron chi connectivity index (χ1n) is 11.3. The molecule has 0 bridgehead atoms. The number of hydrogen-bond acceptors (Lipinski definition) is 15. The number of aromatic amines is 1. The van der Waals surface area contributed by atoms with Gasteiger partial charge in [0.05, 0.1) is 19.3 Å². The Hall–Kier alpha value is -3.00. The summed E-state index contributed by atoms with van der Waals surface area (Å²) in [5.74, 6) is -2.56. The van der Waals surface area contributed by atoms with Crippen LogP contribution in [0.5, 0.6) is 0 Å². The summed E-state index contributed by atoms with van der Waals surface area (Å²) in [6.45, 7) is -0.819. The van der Waals surface area contributed by atoms with Crippen LogP contribution in [0.15, 0.2) is 23.8 Å². The number of ether oxygens (including phenoxy) is 2. The molecule has 5 heterocycles. The molecule has 5 rings (SSSR count). The standard InChI is InChI=1S/C18H20ClN9O11P2/c1-36-16(28-5-24-8-13(28)25-18(20)26-14(8)30)17(31)41(34,35)37-2-6-10(39-40(32)33)9(29)15(38-6)27-4-23-7-11(19)21-3-22-12(7)27/h3-6,9-10,15-17,29,31H,2H2,1H3,(H4-,20,25,26,30,32,33,34,35)/p+1. The van der Waals surface area contributed by atoms with E-state index in [4.69, 9.17) is 35.9 Å². The maximum absolute atomic E-state index is 13.1. The third-order valence-corrected chi connectivity index (χ3v) is 8.23. The maximum Gasteiger partial charge on any atom is 0.695 e. The second-order valence-corrected chi connectivity index (χ2v) is 11.5. The molecular formula is C18H21ClN9O11P2+. The highest BCUT2D eigenvalue weighted by Crippen LogP contribution is 2.51. The van der Waals surface area contributed by atoms with E-state index < -0.39 is 64.6 Å². The van der Waals surface area contributed by atoms with Gasteiger partial charge < -0.3 is 34.8 Å². The summed E-state index contributed by atoms with van der Waals surface area (Å²) in [5.41, 5.74) is 4.86. The van der Waals surface area contributed by atoms with Gasteiger partial charge in [-0.2, -0.15) is 4.98 Å². The molecule has 0 radical (unpaired) electrons. The van der Waals surface area contributed by atoms with Gasteiger partial charge in [0.1, 0.15) is 24.1 Å². The van der Waals surface area contributed by atoms with Crippen LogP contribution in [0.25, 0.3) is 22.3 Å². The van der Waals surface area contributed by atoms with Crippen molar-refractivity contribution in [3.63, 3.8) is 0 Å². The van der Waals surface area contributed by atoms with Gasteiger partial charge in [0.15, 0.2) is 40.5 Å². The Morgan fingerprint density at radius 1 is 1.27 bits per heavy atom. The Balaban J connectivity index is 1.38. The van der Waals surface area contributed by atoms with Crippen LogP contribution in [0.4, 0.5) is 5.95 Å². The summed E-state index contributed by atoms with van der Waals surface area (Å²) in [7, 11) is -7.19. The predicted octanol–water partition coefficient (Wildman–Crippen LogP) is -0.846. The fourth-order valence-electron chi connectivity index (χ4n) is 4.25. The summed E-state index contributed by atoms with van der Waals surface area (Å²) >= 11 is 6.02. The zero-order valence-electron chi connectivity index (χ0n) is 20.5. The van der Waals surface area contributed by atoms with Crippen LogP contribution < -0.4 is 11.3 Å². The van der Waals surface area contributed by atoms with Gasteiger partial charge >= 0.3 is 15.9 Å². The van der Waals surface area contributed by atoms with E-state index in [2.05, 4.69) is 29.9 Å². The van der Waals surface area contributed by atoms with Gasteiger partial charge in [-0.05, 0) is 0 Å². The maximum atomic E-state index is 13.1. The third kappa shape index (κ3) is 5.47. The number of nitrogens with two attached hydrogens (primary N) is 1. The number of halogens is 1. The van der Waals surface area contributed by atoms with Crippen molar-refractivity contribution in [2.45, 2.75) is 36.6 Å². The summed E-state index contributed by atoms with van der Waals surface area (Å²) in [6.07, 6.45) is -4.14. The van der Waals surface area contributed by atoms with Crippen molar-refractivity contribution in [3.05, 3.63) is 34.5 Å². The molecule has 0 aromatic carbocycles. The van der Waals surface area contributed by atoms with Crippen molar-refractivity contribution in [1.29, 1.82) is 0 Å². The predicted molar refractivity (Wildman–Crippen MR) is 135 cm³/mol. The van der Waals surface area contributed by atoms with E-state index in [1.165, 1.54) is 10.9 Å². The number of hydrogen-bond donors (Lipinski definition) is 6. The molecule has 0 spiro atoms. The average molecular weight is 637 g/mol. The lowest BCUT2D eigenvalue weighted by molar-refractivity contribution is -0.0555. The van der Waals surface area contributed by atoms with Crippen molar-refractivity contribution in [2.75, 3.05) is 19.5 Å². The molecule has 20 nitrogen and oxygen atoms in total. The molecule has 23 heteroatoms. The number of aliphatic hydroxyl groups is 2. The van der Waals surface area contributed by atoms with E-state index >= 15 is 0 Å². The number of methoxy groups -OCH3 is 1. The number of H-pyrrole nitrogens is 1. The number of aromatic nitrogens is 8. The Kier molecular flexibility index (Phi) is 8.16. The first kappa shape index (κ1) is 29.5. The SMILES string of the molecule is COC(C(O)P(=O)(O)OCC1OC(n2cnc3c(Cl)ncnc32)C(O)C1O[P+](=O)O)n1cnc2c(=O)[nH]c(N)nc21. The molecule has 7 N–H and O–H groups in total. The molecule has 0 aliphatic carbocycles. The molecule has 1 aliphatic rings. The van der Waals surface area contributed by atoms with E-state index in [0.717, 1.165) is 24.3 Å². The van der Waals surface area contributed by atoms with Crippen LogP contribution in [0.3, 0.4) is 0 Å². The molecule has 0 amide bonds. The number of nitrogens with one attached hydrogen (secondary N) is 1. The second kappa shape index (κ2) is 11.3. The molecular weight excluding hydrogens is 616 g/mol. The molecule has 8 unspecified atom stereocenters. The topological polar surface area (TPSA) is 285 Å². The van der Waals surface area contributed by atoms with Crippen molar-refractivity contribution in [2.24, 2.45) is 0 Å². The van der Waals surface area contributed by atoms with Crippen LogP contribution in [-0.2, 0) is 27.7 Å². The van der Waals surface area contributed by atoms with Gasteiger partial charge in [0, 0.05) is 11.7 Å². The largest absolute Gasteiger partial charge is 0.695 e. The van der Waals surface area contributed by atoms with E-state index in [9.17, 15) is 33.9 Å². The number of anilines is 1. The molecule has 8 atom stereocenters. The number of nitrogen functional groups attached to an aromatic ring is 1. The fourth-order valence-corrected chi connectivity index (χ4v) is 6.00. The lowest BCUT2D eigenvalue weighted by Gasteiger charge is -2.27. The van der Waals surface area contributed by atoms with Crippen LogP contribution in [0.1, 0.15) is 12.5 Å². The lowest BCUT2D eigenvalue weighted by Crippen LogP contribution is -2.35. The highest BCUT2D eigenvalue weighted by molar-refractivity contribution is 7.53. The molecule has 4 aromatic rings. The monoisotopic (exact) mass is 636 g/mol. The van der Waals surface area contributed by atoms with Gasteiger partial charge in [-0.25, -0.2) is 19.9 Å². The minimum Gasteiger partial charge on any atom is -0.385 e. The van der Waals surface area contributed by atoms with E-state index in [1.54, 1.807) is 0 Å². The van der Waals surface area contributed by atoms with Crippen molar-refractivity contribution >= 4 is 55.7 Å². The highest BCUT2D eigenvalue weighted by Gasteiger charge is 2.52. The summed E-state index contributed by atoms with van der Waals surface area (Å²) < 4.78 is 47.8. The van der Waals surface area contributed by atoms with Crippen LogP contribution in [-0.4, -0.2) is 96.9 Å². The van der Waals surface area contributed by atoms with E-state index in [1.807, 2.05) is 0 Å². The highest BCUT2D eigenvalue weighted by atomic mass is 35.5. The number of imidazole rings is 2. The molecule has 220 valence electrons.